The van der Waals surface area contributed by atoms with Gasteiger partial charge in [-0.25, -0.2) is 4.79 Å². The lowest BCUT2D eigenvalue weighted by atomic mass is 9.96. The summed E-state index contributed by atoms with van der Waals surface area (Å²) in [6.07, 6.45) is -0.109. The lowest BCUT2D eigenvalue weighted by Gasteiger charge is -2.19. The number of carbonyl (C=O) groups excluding carboxylic acids is 2. The summed E-state index contributed by atoms with van der Waals surface area (Å²) >= 11 is 0. The van der Waals surface area contributed by atoms with Crippen LogP contribution in [0.5, 0.6) is 5.75 Å². The van der Waals surface area contributed by atoms with Crippen LogP contribution in [0.25, 0.3) is 11.1 Å². The highest BCUT2D eigenvalue weighted by Crippen LogP contribution is 2.44. The van der Waals surface area contributed by atoms with E-state index in [1.54, 1.807) is 42.5 Å². The van der Waals surface area contributed by atoms with Crippen LogP contribution >= 0.6 is 0 Å². The van der Waals surface area contributed by atoms with Crippen molar-refractivity contribution in [2.45, 2.75) is 30.3 Å². The molecule has 0 saturated heterocycles. The van der Waals surface area contributed by atoms with Crippen molar-refractivity contribution in [1.82, 2.24) is 5.32 Å². The second-order valence-electron chi connectivity index (χ2n) is 11.6. The zero-order valence-electron chi connectivity index (χ0n) is 26.2. The van der Waals surface area contributed by atoms with Gasteiger partial charge in [-0.05, 0) is 70.0 Å². The molecule has 1 aliphatic rings. The van der Waals surface area contributed by atoms with Gasteiger partial charge in [0, 0.05) is 12.5 Å². The number of hydrogen-bond acceptors (Lipinski definition) is 7. The maximum absolute atomic E-state index is 12.9. The van der Waals surface area contributed by atoms with Crippen LogP contribution in [0.2, 0.25) is 0 Å². The van der Waals surface area contributed by atoms with Crippen LogP contribution in [-0.2, 0) is 37.4 Å². The predicted octanol–water partition coefficient (Wildman–Crippen LogP) is 7.29. The third kappa shape index (κ3) is 8.11. The molecule has 0 heterocycles. The van der Waals surface area contributed by atoms with E-state index in [1.165, 1.54) is 12.1 Å². The summed E-state index contributed by atoms with van der Waals surface area (Å²) in [7, 11) is -3.98. The van der Waals surface area contributed by atoms with Crippen LogP contribution in [0.4, 0.5) is 4.79 Å². The van der Waals surface area contributed by atoms with Gasteiger partial charge in [-0.15, -0.1) is 0 Å². The monoisotopic (exact) mass is 661 g/mol. The van der Waals surface area contributed by atoms with Gasteiger partial charge in [0.15, 0.2) is 0 Å². The number of ether oxygens (including phenoxy) is 2. The van der Waals surface area contributed by atoms with E-state index >= 15 is 0 Å². The molecule has 5 aromatic carbocycles. The smallest absolute Gasteiger partial charge is 0.407 e. The number of carbonyl (C=O) groups is 2. The Morgan fingerprint density at radius 2 is 1.25 bits per heavy atom. The van der Waals surface area contributed by atoms with E-state index in [9.17, 15) is 18.0 Å². The van der Waals surface area contributed by atoms with Gasteiger partial charge in [0.2, 0.25) is 0 Å². The quantitative estimate of drug-likeness (QED) is 0.104. The highest BCUT2D eigenvalue weighted by atomic mass is 32.2. The molecular weight excluding hydrogens is 626 g/mol. The fraction of sp³-hybridized carbons (Fsp3) is 0.179. The van der Waals surface area contributed by atoms with Crippen molar-refractivity contribution in [2.24, 2.45) is 5.92 Å². The number of hydrogen-bond donors (Lipinski definition) is 1. The summed E-state index contributed by atoms with van der Waals surface area (Å²) < 4.78 is 41.8. The van der Waals surface area contributed by atoms with Crippen molar-refractivity contribution in [3.63, 3.8) is 0 Å². The van der Waals surface area contributed by atoms with E-state index < -0.39 is 22.2 Å². The molecule has 0 saturated carbocycles. The molecular formula is C39H35NO7S. The Kier molecular flexibility index (Phi) is 10.2. The van der Waals surface area contributed by atoms with E-state index in [2.05, 4.69) is 29.6 Å². The third-order valence-corrected chi connectivity index (χ3v) is 9.52. The molecule has 0 aliphatic heterocycles. The average Bonchev–Trinajstić information content (AvgIpc) is 3.44. The normalized spacial score (nSPS) is 12.8. The summed E-state index contributed by atoms with van der Waals surface area (Å²) in [5.41, 5.74) is 6.23. The number of amides is 1. The Hall–Kier alpha value is -5.41. The average molecular weight is 662 g/mol. The Labute approximate surface area is 280 Å². The van der Waals surface area contributed by atoms with Crippen LogP contribution in [-0.4, -0.2) is 33.6 Å². The van der Waals surface area contributed by atoms with E-state index in [0.29, 0.717) is 6.42 Å². The molecule has 1 atom stereocenters. The van der Waals surface area contributed by atoms with Gasteiger partial charge in [0.1, 0.15) is 23.9 Å². The highest BCUT2D eigenvalue weighted by Gasteiger charge is 2.29. The number of esters is 1. The van der Waals surface area contributed by atoms with Gasteiger partial charge in [-0.1, -0.05) is 109 Å². The van der Waals surface area contributed by atoms with Gasteiger partial charge in [-0.2, -0.15) is 8.42 Å². The van der Waals surface area contributed by atoms with Crippen molar-refractivity contribution in [2.75, 3.05) is 13.2 Å². The molecule has 1 N–H and O–H groups in total. The molecule has 0 radical (unpaired) electrons. The van der Waals surface area contributed by atoms with Crippen LogP contribution in [0.1, 0.15) is 34.6 Å². The Bertz CT molecular complexity index is 1920. The number of fused-ring (bicyclic) bond motifs is 3. The summed E-state index contributed by atoms with van der Waals surface area (Å²) in [6, 6.07) is 40.2. The molecule has 0 fully saturated rings. The van der Waals surface area contributed by atoms with Gasteiger partial charge < -0.3 is 19.0 Å². The lowest BCUT2D eigenvalue weighted by molar-refractivity contribution is -0.146. The molecule has 9 heteroatoms. The Morgan fingerprint density at radius 1 is 0.667 bits per heavy atom. The van der Waals surface area contributed by atoms with Gasteiger partial charge in [0.05, 0.1) is 6.42 Å². The number of rotatable bonds is 13. The molecule has 6 rings (SSSR count). The molecule has 1 aliphatic carbocycles. The van der Waals surface area contributed by atoms with Crippen LogP contribution < -0.4 is 9.50 Å². The molecule has 1 amide bonds. The van der Waals surface area contributed by atoms with Crippen LogP contribution in [0.3, 0.4) is 0 Å². The summed E-state index contributed by atoms with van der Waals surface area (Å²) in [5.74, 6) is -0.628. The first-order chi connectivity index (χ1) is 23.4. The molecule has 0 bridgehead atoms. The molecule has 1 unspecified atom stereocenters. The minimum absolute atomic E-state index is 0.0527. The number of alkyl carbamates (subject to hydrolysis) is 1. The largest absolute Gasteiger partial charge is 0.461 e. The summed E-state index contributed by atoms with van der Waals surface area (Å²) in [6.45, 7) is 0.489. The number of benzene rings is 5. The fourth-order valence-electron chi connectivity index (χ4n) is 5.90. The van der Waals surface area contributed by atoms with Crippen molar-refractivity contribution < 1.29 is 31.7 Å². The molecule has 0 aromatic heterocycles. The maximum atomic E-state index is 12.9. The first kappa shape index (κ1) is 32.5. The third-order valence-electron chi connectivity index (χ3n) is 8.26. The van der Waals surface area contributed by atoms with E-state index in [1.807, 2.05) is 54.6 Å². The van der Waals surface area contributed by atoms with Crippen molar-refractivity contribution in [1.29, 1.82) is 0 Å². The van der Waals surface area contributed by atoms with Gasteiger partial charge in [-0.3, -0.25) is 4.79 Å². The Morgan fingerprint density at radius 3 is 1.90 bits per heavy atom. The van der Waals surface area contributed by atoms with Crippen molar-refractivity contribution in [3.05, 3.63) is 156 Å². The minimum Gasteiger partial charge on any atom is -0.461 e. The van der Waals surface area contributed by atoms with Gasteiger partial charge >= 0.3 is 22.2 Å². The van der Waals surface area contributed by atoms with Crippen molar-refractivity contribution >= 4 is 22.2 Å². The summed E-state index contributed by atoms with van der Waals surface area (Å²) in [4.78, 5) is 25.9. The molecule has 8 nitrogen and oxygen atoms in total. The first-order valence-corrected chi connectivity index (χ1v) is 17.1. The van der Waals surface area contributed by atoms with Crippen molar-refractivity contribution in [3.8, 4) is 16.9 Å². The van der Waals surface area contributed by atoms with Crippen LogP contribution in [0.15, 0.2) is 138 Å². The highest BCUT2D eigenvalue weighted by molar-refractivity contribution is 7.87. The maximum Gasteiger partial charge on any atom is 0.407 e. The first-order valence-electron chi connectivity index (χ1n) is 15.7. The topological polar surface area (TPSA) is 108 Å². The second-order valence-corrected chi connectivity index (χ2v) is 13.2. The zero-order chi connectivity index (χ0) is 33.3. The summed E-state index contributed by atoms with van der Waals surface area (Å²) in [5, 5.41) is 2.84. The van der Waals surface area contributed by atoms with E-state index in [-0.39, 0.29) is 48.7 Å². The van der Waals surface area contributed by atoms with E-state index in [4.69, 9.17) is 13.7 Å². The van der Waals surface area contributed by atoms with E-state index in [0.717, 1.165) is 33.4 Å². The zero-order valence-corrected chi connectivity index (χ0v) is 27.0. The standard InChI is InChI=1S/C39H35NO7S/c41-38(45-26-29-11-3-1-4-12-29)24-30(23-28-19-21-31(22-20-28)47-48(43,44)32-13-5-2-6-14-32)25-40-39(42)46-27-37-35-17-9-7-15-33(35)34-16-8-10-18-36(34)37/h1-22,30,37H,23-27H2,(H,40,42). The Balaban J connectivity index is 1.08. The lowest BCUT2D eigenvalue weighted by Crippen LogP contribution is -2.33. The molecule has 5 aromatic rings. The fourth-order valence-corrected chi connectivity index (χ4v) is 6.85. The molecule has 0 spiro atoms. The van der Waals surface area contributed by atoms with Crippen LogP contribution in [0, 0.1) is 5.92 Å². The number of nitrogens with one attached hydrogen (secondary N) is 1. The predicted molar refractivity (Wildman–Crippen MR) is 182 cm³/mol. The minimum atomic E-state index is -3.98. The molecule has 48 heavy (non-hydrogen) atoms. The second kappa shape index (κ2) is 15.0. The SMILES string of the molecule is O=C(CC(CNC(=O)OCC1c2ccccc2-c2ccccc21)Cc1ccc(OS(=O)(=O)c2ccccc2)cc1)OCc1ccccc1. The van der Waals surface area contributed by atoms with Gasteiger partial charge in [0.25, 0.3) is 0 Å². The molecule has 244 valence electrons.